The van der Waals surface area contributed by atoms with Crippen molar-refractivity contribution in [1.29, 1.82) is 0 Å². The molecule has 1 aliphatic rings. The molecule has 2 rings (SSSR count). The maximum Gasteiger partial charge on any atom is 0.306 e. The van der Waals surface area contributed by atoms with Crippen LogP contribution >= 0.6 is 34.8 Å². The third-order valence-electron chi connectivity index (χ3n) is 2.53. The van der Waals surface area contributed by atoms with Gasteiger partial charge in [0.15, 0.2) is 17.6 Å². The lowest BCUT2D eigenvalue weighted by Gasteiger charge is -2.24. The molecule has 1 aromatic carbocycles. The first-order valence-corrected chi connectivity index (χ1v) is 6.71. The van der Waals surface area contributed by atoms with E-state index < -0.39 is 15.9 Å². The van der Waals surface area contributed by atoms with E-state index in [2.05, 4.69) is 0 Å². The van der Waals surface area contributed by atoms with Crippen molar-refractivity contribution in [2.45, 2.75) is 23.2 Å². The van der Waals surface area contributed by atoms with E-state index in [9.17, 15) is 4.79 Å². The van der Waals surface area contributed by atoms with E-state index in [1.165, 1.54) is 0 Å². The number of halogens is 3. The monoisotopic (exact) mass is 324 g/mol. The minimum absolute atomic E-state index is 0.145. The van der Waals surface area contributed by atoms with Crippen molar-refractivity contribution in [2.75, 3.05) is 6.79 Å². The summed E-state index contributed by atoms with van der Waals surface area (Å²) in [6.07, 6.45) is -0.804. The number of hydrogen-bond donors (Lipinski definition) is 0. The highest BCUT2D eigenvalue weighted by Crippen LogP contribution is 2.45. The number of carbonyl (C=O) groups excluding carboxylic acids is 1. The minimum atomic E-state index is -1.77. The van der Waals surface area contributed by atoms with Crippen LogP contribution in [0.3, 0.4) is 0 Å². The second-order valence-corrected chi connectivity index (χ2v) is 6.25. The van der Waals surface area contributed by atoms with Gasteiger partial charge in [-0.2, -0.15) is 0 Å². The Morgan fingerprint density at radius 2 is 2.05 bits per heavy atom. The van der Waals surface area contributed by atoms with Crippen molar-refractivity contribution in [3.05, 3.63) is 23.8 Å². The zero-order valence-electron chi connectivity index (χ0n) is 9.99. The molecule has 1 aliphatic heterocycles. The Kier molecular flexibility index (Phi) is 4.33. The molecule has 104 valence electrons. The van der Waals surface area contributed by atoms with Crippen LogP contribution in [0.4, 0.5) is 0 Å². The molecule has 0 N–H and O–H groups in total. The number of alkyl halides is 3. The van der Waals surface area contributed by atoms with Crippen LogP contribution in [0, 0.1) is 0 Å². The molecule has 0 bridgehead atoms. The molecular weight excluding hydrogens is 314 g/mol. The predicted octanol–water partition coefficient (Wildman–Crippen LogP) is 3.78. The first-order chi connectivity index (χ1) is 8.91. The molecule has 1 heterocycles. The highest BCUT2D eigenvalue weighted by Gasteiger charge is 2.38. The summed E-state index contributed by atoms with van der Waals surface area (Å²) in [6, 6.07) is 4.99. The fourth-order valence-corrected chi connectivity index (χ4v) is 2.13. The molecule has 19 heavy (non-hydrogen) atoms. The van der Waals surface area contributed by atoms with Crippen molar-refractivity contribution in [2.24, 2.45) is 0 Å². The van der Waals surface area contributed by atoms with E-state index >= 15 is 0 Å². The van der Waals surface area contributed by atoms with Crippen LogP contribution < -0.4 is 9.47 Å². The van der Waals surface area contributed by atoms with Crippen molar-refractivity contribution >= 4 is 40.8 Å². The largest absolute Gasteiger partial charge is 0.454 e. The highest BCUT2D eigenvalue weighted by molar-refractivity contribution is 6.68. The lowest BCUT2D eigenvalue weighted by atomic mass is 10.1. The summed E-state index contributed by atoms with van der Waals surface area (Å²) in [5.41, 5.74) is 0.533. The topological polar surface area (TPSA) is 44.8 Å². The molecule has 0 radical (unpaired) electrons. The SMILES string of the molecule is CCC(=O)OC(c1ccc2c(c1)OCO2)C(Cl)(Cl)Cl. The van der Waals surface area contributed by atoms with Gasteiger partial charge in [0.25, 0.3) is 0 Å². The Bertz CT molecular complexity index is 484. The van der Waals surface area contributed by atoms with E-state index in [1.807, 2.05) is 0 Å². The summed E-state index contributed by atoms with van der Waals surface area (Å²) in [5.74, 6) is 0.687. The smallest absolute Gasteiger partial charge is 0.306 e. The second-order valence-electron chi connectivity index (χ2n) is 3.88. The highest BCUT2D eigenvalue weighted by atomic mass is 35.6. The van der Waals surface area contributed by atoms with E-state index in [0.717, 1.165) is 0 Å². The summed E-state index contributed by atoms with van der Waals surface area (Å²) in [4.78, 5) is 11.4. The van der Waals surface area contributed by atoms with Gasteiger partial charge in [-0.25, -0.2) is 0 Å². The number of ether oxygens (including phenoxy) is 3. The summed E-state index contributed by atoms with van der Waals surface area (Å²) < 4.78 is 13.8. The predicted molar refractivity (Wildman–Crippen MR) is 72.0 cm³/mol. The zero-order chi connectivity index (χ0) is 14.0. The summed E-state index contributed by atoms with van der Waals surface area (Å²) >= 11 is 17.6. The van der Waals surface area contributed by atoms with E-state index in [4.69, 9.17) is 49.0 Å². The standard InChI is InChI=1S/C12H11Cl3O4/c1-2-10(16)19-11(12(13,14)15)7-3-4-8-9(5-7)18-6-17-8/h3-5,11H,2,6H2,1H3. The van der Waals surface area contributed by atoms with Crippen LogP contribution in [0.15, 0.2) is 18.2 Å². The summed E-state index contributed by atoms with van der Waals surface area (Å²) in [6.45, 7) is 1.81. The molecule has 0 amide bonds. The van der Waals surface area contributed by atoms with Crippen LogP contribution in [-0.4, -0.2) is 16.6 Å². The van der Waals surface area contributed by atoms with Gasteiger partial charge in [0, 0.05) is 12.0 Å². The zero-order valence-corrected chi connectivity index (χ0v) is 12.3. The van der Waals surface area contributed by atoms with Crippen LogP contribution in [-0.2, 0) is 9.53 Å². The number of hydrogen-bond acceptors (Lipinski definition) is 4. The average molecular weight is 326 g/mol. The van der Waals surface area contributed by atoms with Crippen molar-refractivity contribution in [3.8, 4) is 11.5 Å². The van der Waals surface area contributed by atoms with Gasteiger partial charge in [-0.3, -0.25) is 4.79 Å². The maximum absolute atomic E-state index is 11.4. The van der Waals surface area contributed by atoms with Gasteiger partial charge < -0.3 is 14.2 Å². The lowest BCUT2D eigenvalue weighted by Crippen LogP contribution is -2.23. The third-order valence-corrected chi connectivity index (χ3v) is 3.13. The third kappa shape index (κ3) is 3.38. The summed E-state index contributed by atoms with van der Waals surface area (Å²) in [5, 5.41) is 0. The molecule has 1 unspecified atom stereocenters. The minimum Gasteiger partial charge on any atom is -0.454 e. The van der Waals surface area contributed by atoms with Gasteiger partial charge in [0.1, 0.15) is 0 Å². The molecule has 4 nitrogen and oxygen atoms in total. The Morgan fingerprint density at radius 3 is 2.68 bits per heavy atom. The Balaban J connectivity index is 2.30. The molecule has 0 fully saturated rings. The number of carbonyl (C=O) groups is 1. The van der Waals surface area contributed by atoms with Gasteiger partial charge in [-0.15, -0.1) is 0 Å². The normalized spacial score (nSPS) is 15.2. The van der Waals surface area contributed by atoms with Crippen LogP contribution in [0.1, 0.15) is 25.0 Å². The molecule has 1 atom stereocenters. The number of fused-ring (bicyclic) bond motifs is 1. The number of esters is 1. The van der Waals surface area contributed by atoms with Gasteiger partial charge in [-0.05, 0) is 12.1 Å². The van der Waals surface area contributed by atoms with Crippen molar-refractivity contribution < 1.29 is 19.0 Å². The first-order valence-electron chi connectivity index (χ1n) is 5.57. The van der Waals surface area contributed by atoms with Crippen LogP contribution in [0.5, 0.6) is 11.5 Å². The van der Waals surface area contributed by atoms with Crippen molar-refractivity contribution in [3.63, 3.8) is 0 Å². The molecule has 7 heteroatoms. The van der Waals surface area contributed by atoms with Gasteiger partial charge in [0.05, 0.1) is 0 Å². The molecule has 1 aromatic rings. The molecular formula is C12H11Cl3O4. The van der Waals surface area contributed by atoms with Gasteiger partial charge >= 0.3 is 5.97 Å². The fourth-order valence-electron chi connectivity index (χ4n) is 1.61. The Labute approximate surface area is 125 Å². The quantitative estimate of drug-likeness (QED) is 0.626. The molecule has 0 spiro atoms. The Morgan fingerprint density at radius 1 is 1.37 bits per heavy atom. The molecule has 0 saturated carbocycles. The van der Waals surface area contributed by atoms with E-state index in [-0.39, 0.29) is 13.2 Å². The summed E-state index contributed by atoms with van der Waals surface area (Å²) in [7, 11) is 0. The van der Waals surface area contributed by atoms with Gasteiger partial charge in [-0.1, -0.05) is 47.8 Å². The van der Waals surface area contributed by atoms with E-state index in [0.29, 0.717) is 17.1 Å². The number of rotatable bonds is 3. The fraction of sp³-hybridized carbons (Fsp3) is 0.417. The van der Waals surface area contributed by atoms with Crippen molar-refractivity contribution in [1.82, 2.24) is 0 Å². The van der Waals surface area contributed by atoms with E-state index in [1.54, 1.807) is 25.1 Å². The average Bonchev–Trinajstić information content (AvgIpc) is 2.81. The molecule has 0 aliphatic carbocycles. The molecule has 0 aromatic heterocycles. The van der Waals surface area contributed by atoms with Gasteiger partial charge in [0.2, 0.25) is 10.6 Å². The van der Waals surface area contributed by atoms with Crippen LogP contribution in [0.2, 0.25) is 0 Å². The second kappa shape index (κ2) is 5.65. The van der Waals surface area contributed by atoms with Crippen LogP contribution in [0.25, 0.3) is 0 Å². The molecule has 0 saturated heterocycles. The number of benzene rings is 1. The lowest BCUT2D eigenvalue weighted by molar-refractivity contribution is -0.148. The first kappa shape index (κ1) is 14.6. The maximum atomic E-state index is 11.4. The Hall–Kier alpha value is -0.840.